The first-order valence-electron chi connectivity index (χ1n) is 10.3. The Morgan fingerprint density at radius 1 is 0.824 bits per heavy atom. The summed E-state index contributed by atoms with van der Waals surface area (Å²) >= 11 is 1.82. The Morgan fingerprint density at radius 2 is 1.35 bits per heavy atom. The number of rotatable bonds is 7. The van der Waals surface area contributed by atoms with Gasteiger partial charge in [-0.25, -0.2) is 8.42 Å². The summed E-state index contributed by atoms with van der Waals surface area (Å²) in [4.78, 5) is 0. The molecule has 0 aliphatic heterocycles. The molecule has 34 heavy (non-hydrogen) atoms. The molecule has 2 atom stereocenters. The van der Waals surface area contributed by atoms with Crippen molar-refractivity contribution >= 4 is 30.5 Å². The van der Waals surface area contributed by atoms with Crippen molar-refractivity contribution in [3.05, 3.63) is 137 Å². The summed E-state index contributed by atoms with van der Waals surface area (Å²) in [7, 11) is 0.725. The van der Waals surface area contributed by atoms with Crippen LogP contribution in [0, 0.1) is 14.4 Å². The van der Waals surface area contributed by atoms with Crippen LogP contribution in [-0.4, -0.2) is 8.42 Å². The number of nitrogens with zero attached hydrogens (tertiary/aromatic N) is 1. The Morgan fingerprint density at radius 3 is 1.97 bits per heavy atom. The third kappa shape index (κ3) is 6.97. The van der Waals surface area contributed by atoms with Gasteiger partial charge in [0.15, 0.2) is 0 Å². The SMILES string of the molecule is Cc1ccc2ccccc2c1CS(=O)(=O)[N-]C(c1ccccc1)C([NH-])c1ccccc1.[CH3-].[Cl][Ru+3]. The quantitative estimate of drug-likeness (QED) is 0.164. The Hall–Kier alpha value is -2.08. The fourth-order valence-electron chi connectivity index (χ4n) is 3.84. The van der Waals surface area contributed by atoms with Gasteiger partial charge in [0.1, 0.15) is 0 Å². The number of sulfonamides is 1. The van der Waals surface area contributed by atoms with Gasteiger partial charge in [0, 0.05) is 0 Å². The molecule has 4 rings (SSSR count). The second kappa shape index (κ2) is 13.1. The van der Waals surface area contributed by atoms with Crippen LogP contribution in [0.15, 0.2) is 97.1 Å². The van der Waals surface area contributed by atoms with Crippen LogP contribution in [0.25, 0.3) is 21.2 Å². The van der Waals surface area contributed by atoms with Gasteiger partial charge in [-0.2, -0.15) is 0 Å². The third-order valence-corrected chi connectivity index (χ3v) is 6.69. The molecule has 0 aliphatic rings. The van der Waals surface area contributed by atoms with E-state index < -0.39 is 22.1 Å². The van der Waals surface area contributed by atoms with Crippen molar-refractivity contribution in [3.63, 3.8) is 0 Å². The predicted octanol–water partition coefficient (Wildman–Crippen LogP) is 8.02. The molecule has 0 saturated carbocycles. The Labute approximate surface area is 217 Å². The molecule has 7 heteroatoms. The molecule has 178 valence electrons. The number of benzene rings is 4. The van der Waals surface area contributed by atoms with Crippen LogP contribution in [0.1, 0.15) is 34.3 Å². The molecule has 0 aliphatic carbocycles. The summed E-state index contributed by atoms with van der Waals surface area (Å²) in [5.74, 6) is -0.189. The summed E-state index contributed by atoms with van der Waals surface area (Å²) in [6.07, 6.45) is 0. The van der Waals surface area contributed by atoms with E-state index in [1.165, 1.54) is 0 Å². The van der Waals surface area contributed by atoms with Crippen LogP contribution in [-0.2, 0) is 33.1 Å². The van der Waals surface area contributed by atoms with Crippen LogP contribution >= 0.6 is 9.69 Å². The predicted molar refractivity (Wildman–Crippen MR) is 140 cm³/mol. The third-order valence-electron chi connectivity index (χ3n) is 5.49. The van der Waals surface area contributed by atoms with E-state index in [1.54, 1.807) is 0 Å². The van der Waals surface area contributed by atoms with Crippen molar-refractivity contribution in [2.24, 2.45) is 0 Å². The number of hydrogen-bond donors (Lipinski definition) is 0. The minimum absolute atomic E-state index is 0. The average Bonchev–Trinajstić information content (AvgIpc) is 2.86. The average molecular weight is 580 g/mol. The molecule has 4 aromatic rings. The topological polar surface area (TPSA) is 72.0 Å². The van der Waals surface area contributed by atoms with Crippen LogP contribution in [0.4, 0.5) is 0 Å². The minimum atomic E-state index is -3.84. The molecular weight excluding hydrogens is 553 g/mol. The Kier molecular flexibility index (Phi) is 10.9. The van der Waals surface area contributed by atoms with Gasteiger partial charge in [-0.05, 0) is 28.8 Å². The van der Waals surface area contributed by atoms with Gasteiger partial charge in [0.25, 0.3) is 0 Å². The summed E-state index contributed by atoms with van der Waals surface area (Å²) < 4.78 is 30.8. The fraction of sp³-hybridized carbons (Fsp3) is 0.148. The first-order valence-corrected chi connectivity index (χ1v) is 14.2. The van der Waals surface area contributed by atoms with Crippen molar-refractivity contribution in [1.29, 1.82) is 0 Å². The fourth-order valence-corrected chi connectivity index (χ4v) is 5.25. The first kappa shape index (κ1) is 28.2. The standard InChI is InChI=1S/C26H24N2O2S.CH3.ClH.Ru/c1-19-16-17-20-10-8-9-15-23(20)24(19)18-31(29,30)28-26(22-13-6-3-7-14-22)25(27)21-11-4-2-5-12-21;;;/h2-17,25-27H,18H2,1H3;1H3;1H;/q-2;-1;;+4/p-1. The summed E-state index contributed by atoms with van der Waals surface area (Å²) in [5.41, 5.74) is 11.9. The Balaban J connectivity index is 0.00000133. The van der Waals surface area contributed by atoms with E-state index in [1.807, 2.05) is 121 Å². The maximum atomic E-state index is 13.3. The van der Waals surface area contributed by atoms with E-state index in [2.05, 4.69) is 14.4 Å². The molecule has 0 fully saturated rings. The zero-order valence-electron chi connectivity index (χ0n) is 19.0. The summed E-state index contributed by atoms with van der Waals surface area (Å²) in [6.45, 7) is 1.92. The van der Waals surface area contributed by atoms with E-state index >= 15 is 0 Å². The van der Waals surface area contributed by atoms with Crippen molar-refractivity contribution in [2.45, 2.75) is 24.8 Å². The van der Waals surface area contributed by atoms with E-state index in [9.17, 15) is 8.42 Å². The van der Waals surface area contributed by atoms with E-state index in [-0.39, 0.29) is 13.2 Å². The molecule has 4 aromatic carbocycles. The summed E-state index contributed by atoms with van der Waals surface area (Å²) in [5, 5.41) is 1.92. The van der Waals surface area contributed by atoms with Crippen LogP contribution in [0.3, 0.4) is 0 Å². The van der Waals surface area contributed by atoms with Crippen LogP contribution in [0.5, 0.6) is 0 Å². The molecule has 0 aromatic heterocycles. The van der Waals surface area contributed by atoms with Gasteiger partial charge in [0.2, 0.25) is 0 Å². The molecule has 0 heterocycles. The number of fused-ring (bicyclic) bond motifs is 1. The monoisotopic (exact) mass is 580 g/mol. The zero-order chi connectivity index (χ0) is 23.8. The van der Waals surface area contributed by atoms with Crippen LogP contribution in [0.2, 0.25) is 0 Å². The molecule has 0 amide bonds. The van der Waals surface area contributed by atoms with Gasteiger partial charge in [-0.1, -0.05) is 108 Å². The molecule has 0 radical (unpaired) electrons. The van der Waals surface area contributed by atoms with Gasteiger partial charge in [-0.15, -0.1) is 12.1 Å². The van der Waals surface area contributed by atoms with Crippen molar-refractivity contribution in [2.75, 3.05) is 0 Å². The zero-order valence-corrected chi connectivity index (χ0v) is 22.3. The normalized spacial score (nSPS) is 12.7. The summed E-state index contributed by atoms with van der Waals surface area (Å²) in [6, 6.07) is 28.6. The molecule has 0 bridgehead atoms. The van der Waals surface area contributed by atoms with E-state index in [0.29, 0.717) is 5.56 Å². The molecule has 2 unspecified atom stereocenters. The van der Waals surface area contributed by atoms with Gasteiger partial charge < -0.3 is 17.9 Å². The number of nitrogens with one attached hydrogen (secondary N) is 1. The first-order chi connectivity index (χ1) is 15.9. The number of halogens is 1. The Bertz CT molecular complexity index is 1290. The molecule has 0 saturated heterocycles. The van der Waals surface area contributed by atoms with E-state index in [0.717, 1.165) is 27.5 Å². The second-order valence-electron chi connectivity index (χ2n) is 7.66. The van der Waals surface area contributed by atoms with Crippen molar-refractivity contribution < 1.29 is 25.7 Å². The van der Waals surface area contributed by atoms with Crippen molar-refractivity contribution in [3.8, 4) is 0 Å². The van der Waals surface area contributed by atoms with Crippen molar-refractivity contribution in [1.82, 2.24) is 0 Å². The molecular formula is C27H27ClN2O2RuS. The number of aryl methyl sites for hydroxylation is 1. The van der Waals surface area contributed by atoms with Crippen LogP contribution < -0.4 is 0 Å². The maximum absolute atomic E-state index is 13.3. The van der Waals surface area contributed by atoms with Gasteiger partial charge >= 0.3 is 27.0 Å². The molecule has 1 N–H and O–H groups in total. The number of hydrogen-bond acceptors (Lipinski definition) is 2. The van der Waals surface area contributed by atoms with E-state index in [4.69, 9.17) is 5.73 Å². The molecule has 0 spiro atoms. The molecule has 4 nitrogen and oxygen atoms in total. The van der Waals surface area contributed by atoms with Gasteiger partial charge in [-0.3, -0.25) is 0 Å². The van der Waals surface area contributed by atoms with Gasteiger partial charge in [0.05, 0.1) is 15.8 Å². The second-order valence-corrected chi connectivity index (χ2v) is 9.32.